The summed E-state index contributed by atoms with van der Waals surface area (Å²) < 4.78 is 196. The number of rotatable bonds is 9. The Morgan fingerprint density at radius 3 is 1.77 bits per heavy atom. The fourth-order valence-electron chi connectivity index (χ4n) is 13.6. The van der Waals surface area contributed by atoms with Crippen LogP contribution in [0.25, 0.3) is 94.5 Å². The van der Waals surface area contributed by atoms with Crippen LogP contribution in [-0.2, 0) is 37.3 Å². The molecule has 0 fully saturated rings. The Labute approximate surface area is 575 Å². The molecule has 7 heteroatoms. The largest absolute Gasteiger partial charge is 0.510 e. The summed E-state index contributed by atoms with van der Waals surface area (Å²) in [7, 11) is -6.28. The molecular weight excluding hydrogens is 1300 g/mol. The molecule has 0 spiro atoms. The Bertz CT molecular complexity index is 6110. The van der Waals surface area contributed by atoms with Gasteiger partial charge in [0.1, 0.15) is 5.82 Å². The molecule has 5 nitrogen and oxygen atoms in total. The normalized spacial score (nSPS) is 16.8. The van der Waals surface area contributed by atoms with Crippen LogP contribution in [-0.4, -0.2) is 22.2 Å². The predicted octanol–water partition coefficient (Wildman–Crippen LogP) is 17.6. The molecule has 0 radical (unpaired) electrons. The maximum atomic E-state index is 11.2. The molecule has 0 saturated carbocycles. The number of aromatic nitrogens is 4. The number of imidazole rings is 1. The molecule has 3 aromatic heterocycles. The maximum absolute atomic E-state index is 11.2. The molecule has 1 aliphatic carbocycles. The number of benzene rings is 11. The summed E-state index contributed by atoms with van der Waals surface area (Å²) >= 11 is 0. The quantitative estimate of drug-likeness (QED) is 0.0625. The third-order valence-corrected chi connectivity index (χ3v) is 22.2. The van der Waals surface area contributed by atoms with Crippen molar-refractivity contribution in [1.29, 1.82) is 0 Å². The van der Waals surface area contributed by atoms with Crippen molar-refractivity contribution >= 4 is 61.7 Å². The minimum atomic E-state index is -6.28. The van der Waals surface area contributed by atoms with E-state index in [9.17, 15) is 21.9 Å². The molecule has 0 N–H and O–H groups in total. The molecule has 4 heterocycles. The van der Waals surface area contributed by atoms with Gasteiger partial charge in [0.15, 0.2) is 8.07 Å². The number of fused-ring (bicyclic) bond motifs is 11. The second-order valence-electron chi connectivity index (χ2n) is 25.5. The zero-order valence-corrected chi connectivity index (χ0v) is 54.1. The number of nitrogens with zero attached hydrogens (tertiary/aromatic N) is 4. The summed E-state index contributed by atoms with van der Waals surface area (Å²) in [5.41, 5.74) is 9.74. The van der Waals surface area contributed by atoms with E-state index in [-0.39, 0.29) is 48.6 Å². The van der Waals surface area contributed by atoms with Crippen molar-refractivity contribution in [3.05, 3.63) is 296 Å². The van der Waals surface area contributed by atoms with Crippen LogP contribution in [0.3, 0.4) is 0 Å². The molecule has 446 valence electrons. The molecule has 0 saturated heterocycles. The van der Waals surface area contributed by atoms with Gasteiger partial charge in [0.25, 0.3) is 6.33 Å². The molecule has 14 aromatic rings. The summed E-state index contributed by atoms with van der Waals surface area (Å²) in [6.45, 7) is 15.4. The van der Waals surface area contributed by atoms with Gasteiger partial charge in [0.2, 0.25) is 0 Å². The SMILES string of the molecule is [2H]c1c([2H])c([2H])c([Si](c2c([2H])c([2H])c([2H])c([2H])c2[2H])(c2c([2H])c([2H])c([2H])c([2H])c2[2H])c2c([2H])c([2H])c([2H])c(-c3cccc4c3-[n+]3[c-]n(-c5[c-]c(Oc6[c-]c7c(cc6)c6ccccc6n7-c6cc(C(C)(C)C)ccn6)ccc5)c5cccc(c53)-c3ccccc3-c3cc5c(cc3-4)C(C)(C)CCC5(C)C)c2[2H])c([2H])c1[2H].[Pt]. The van der Waals surface area contributed by atoms with Crippen LogP contribution in [0.4, 0.5) is 0 Å². The van der Waals surface area contributed by atoms with Crippen LogP contribution in [0.15, 0.2) is 261 Å². The molecule has 16 rings (SSSR count). The van der Waals surface area contributed by atoms with Crippen molar-refractivity contribution < 1.29 is 56.4 Å². The number of hydrogen-bond donors (Lipinski definition) is 0. The standard InChI is InChI=1S/C84H68N4OSi.Pt/c1-82(2,3)57-45-48-85-79(50-57)88-76-41-20-19-37-68(76)69-44-43-60(52-78(69)88)89-59-27-22-26-58(51-59)86-55-87-80-65(56-25-21-34-64(49-56)90(61-28-11-8-12-29-61,62-30-13-9-14-31-62)63-32-15-10-16-33-63)38-23-39-71(80)73-54-75-74(83(4,5)46-47-84(75,6)7)53-72(73)67-36-18-17-35-66(67)70-40-24-42-77(86)81(70)87;/h8-45,48-50,53-54H,46-47H2,1-7H3;/q-2;/i8D,9D,10D,11D,12D,13D,14D,15D,16D,21D,25D,28D,29D,30D,31D,32D,33D,34D,49D;. The van der Waals surface area contributed by atoms with Crippen molar-refractivity contribution in [1.82, 2.24) is 14.1 Å². The van der Waals surface area contributed by atoms with E-state index in [1.807, 2.05) is 95.7 Å². The van der Waals surface area contributed by atoms with Crippen LogP contribution in [0.2, 0.25) is 0 Å². The molecule has 0 bridgehead atoms. The minimum absolute atomic E-state index is 0. The van der Waals surface area contributed by atoms with Crippen LogP contribution >= 0.6 is 0 Å². The Balaban J connectivity index is 0.00000961. The van der Waals surface area contributed by atoms with E-state index in [1.165, 1.54) is 0 Å². The second-order valence-corrected chi connectivity index (χ2v) is 29.0. The van der Waals surface area contributed by atoms with Crippen LogP contribution in [0.1, 0.15) is 104 Å². The third kappa shape index (κ3) is 9.51. The second kappa shape index (κ2) is 22.2. The molecular formula is C84H68N4OPtSi-2. The van der Waals surface area contributed by atoms with Gasteiger partial charge in [-0.3, -0.25) is 4.57 Å². The molecule has 1 aliphatic heterocycles. The van der Waals surface area contributed by atoms with Gasteiger partial charge in [0.05, 0.1) is 42.8 Å². The molecule has 11 aromatic carbocycles. The smallest absolute Gasteiger partial charge is 0.268 e. The fourth-order valence-corrected chi connectivity index (χ4v) is 17.1. The van der Waals surface area contributed by atoms with Crippen LogP contribution in [0, 0.1) is 18.5 Å². The average molecular weight is 1390 g/mol. The first-order valence-electron chi connectivity index (χ1n) is 39.5. The van der Waals surface area contributed by atoms with Gasteiger partial charge in [-0.05, 0) is 146 Å². The van der Waals surface area contributed by atoms with E-state index < -0.39 is 149 Å². The first-order chi connectivity index (χ1) is 51.6. The average Bonchev–Trinajstić information content (AvgIpc) is 0.769. The topological polar surface area (TPSA) is 35.9 Å². The van der Waals surface area contributed by atoms with Crippen molar-refractivity contribution in [3.8, 4) is 73.2 Å². The van der Waals surface area contributed by atoms with Crippen molar-refractivity contribution in [2.75, 3.05) is 0 Å². The summed E-state index contributed by atoms with van der Waals surface area (Å²) in [6, 6.07) is 32.6. The van der Waals surface area contributed by atoms with Crippen LogP contribution in [0.5, 0.6) is 11.5 Å². The van der Waals surface area contributed by atoms with Gasteiger partial charge in [-0.15, -0.1) is 29.7 Å². The first-order valence-corrected chi connectivity index (χ1v) is 32.0. The van der Waals surface area contributed by atoms with Crippen molar-refractivity contribution in [3.63, 3.8) is 0 Å². The molecule has 91 heavy (non-hydrogen) atoms. The summed E-state index contributed by atoms with van der Waals surface area (Å²) in [6.07, 6.45) is 7.24. The van der Waals surface area contributed by atoms with Gasteiger partial charge in [0, 0.05) is 44.3 Å². The minimum Gasteiger partial charge on any atom is -0.510 e. The molecule has 2 aliphatic rings. The first kappa shape index (κ1) is 40.3. The number of pyridine rings is 1. The van der Waals surface area contributed by atoms with Gasteiger partial charge in [-0.2, -0.15) is 18.2 Å². The van der Waals surface area contributed by atoms with E-state index in [0.29, 0.717) is 50.7 Å². The molecule has 0 amide bonds. The van der Waals surface area contributed by atoms with Crippen molar-refractivity contribution in [2.24, 2.45) is 0 Å². The van der Waals surface area contributed by atoms with Gasteiger partial charge < -0.3 is 13.9 Å². The zero-order valence-electron chi connectivity index (χ0n) is 69.8. The van der Waals surface area contributed by atoms with Crippen LogP contribution < -0.4 is 30.1 Å². The van der Waals surface area contributed by atoms with E-state index in [4.69, 9.17) is 13.8 Å². The number of ether oxygens (including phenoxy) is 1. The van der Waals surface area contributed by atoms with Gasteiger partial charge in [-0.1, -0.05) is 254 Å². The third-order valence-electron chi connectivity index (χ3n) is 18.2. The van der Waals surface area contributed by atoms with Gasteiger partial charge >= 0.3 is 0 Å². The Morgan fingerprint density at radius 2 is 1.09 bits per heavy atom. The monoisotopic (exact) mass is 1390 g/mol. The number of hydrogen-bond acceptors (Lipinski definition) is 2. The zero-order chi connectivity index (χ0) is 77.6. The Kier molecular flexibility index (Phi) is 9.83. The van der Waals surface area contributed by atoms with E-state index >= 15 is 0 Å². The van der Waals surface area contributed by atoms with Gasteiger partial charge in [-0.25, -0.2) is 4.98 Å². The predicted molar refractivity (Wildman–Crippen MR) is 373 cm³/mol. The van der Waals surface area contributed by atoms with E-state index in [1.54, 1.807) is 22.8 Å². The molecule has 0 atom stereocenters. The molecule has 0 unspecified atom stereocenters. The maximum Gasteiger partial charge on any atom is 0.268 e. The van der Waals surface area contributed by atoms with E-state index in [2.05, 4.69) is 108 Å². The van der Waals surface area contributed by atoms with E-state index in [0.717, 1.165) is 68.0 Å². The Hall–Kier alpha value is -9.45. The summed E-state index contributed by atoms with van der Waals surface area (Å²) in [5, 5.41) is -1.78. The fraction of sp³-hybridized carbons (Fsp3) is 0.143. The van der Waals surface area contributed by atoms with Crippen molar-refractivity contribution in [2.45, 2.75) is 77.6 Å². The number of para-hydroxylation sites is 3. The summed E-state index contributed by atoms with van der Waals surface area (Å²) in [5.74, 6) is 1.39. The Morgan fingerprint density at radius 1 is 0.527 bits per heavy atom. The summed E-state index contributed by atoms with van der Waals surface area (Å²) in [4.78, 5) is 4.87.